The van der Waals surface area contributed by atoms with E-state index in [-0.39, 0.29) is 11.6 Å². The van der Waals surface area contributed by atoms with Gasteiger partial charge in [0.05, 0.1) is 0 Å². The maximum atomic E-state index is 10.8. The van der Waals surface area contributed by atoms with Crippen LogP contribution in [-0.2, 0) is 11.2 Å². The predicted octanol–water partition coefficient (Wildman–Crippen LogP) is 3.25. The molecule has 21 heavy (non-hydrogen) atoms. The summed E-state index contributed by atoms with van der Waals surface area (Å²) < 4.78 is 0. The molecule has 3 heteroatoms. The zero-order valence-corrected chi connectivity index (χ0v) is 12.0. The molecule has 0 aliphatic carbocycles. The summed E-state index contributed by atoms with van der Waals surface area (Å²) in [5, 5.41) is 8.84. The zero-order chi connectivity index (χ0) is 15.2. The second kappa shape index (κ2) is 6.86. The summed E-state index contributed by atoms with van der Waals surface area (Å²) in [6, 6.07) is 18.1. The lowest BCUT2D eigenvalue weighted by Crippen LogP contribution is -2.21. The molecule has 2 aromatic rings. The van der Waals surface area contributed by atoms with Gasteiger partial charge >= 0.3 is 5.97 Å². The fourth-order valence-corrected chi connectivity index (χ4v) is 2.19. The molecule has 0 spiro atoms. The van der Waals surface area contributed by atoms with E-state index in [0.717, 1.165) is 11.1 Å². The average molecular weight is 281 g/mol. The predicted molar refractivity (Wildman–Crippen MR) is 85.0 cm³/mol. The Bertz CT molecular complexity index is 630. The summed E-state index contributed by atoms with van der Waals surface area (Å²) in [7, 11) is 0. The Balaban J connectivity index is 2.06. The van der Waals surface area contributed by atoms with Gasteiger partial charge in [0.1, 0.15) is 0 Å². The van der Waals surface area contributed by atoms with Crippen molar-refractivity contribution in [2.75, 3.05) is 0 Å². The van der Waals surface area contributed by atoms with Crippen molar-refractivity contribution in [2.45, 2.75) is 19.4 Å². The first-order valence-corrected chi connectivity index (χ1v) is 6.88. The molecular formula is C18H19NO2. The summed E-state index contributed by atoms with van der Waals surface area (Å²) in [6.45, 7) is 1.56. The van der Waals surface area contributed by atoms with Gasteiger partial charge in [-0.15, -0.1) is 0 Å². The van der Waals surface area contributed by atoms with Gasteiger partial charge < -0.3 is 10.8 Å². The van der Waals surface area contributed by atoms with Crippen LogP contribution >= 0.6 is 0 Å². The lowest BCUT2D eigenvalue weighted by atomic mass is 10.00. The minimum atomic E-state index is -0.926. The van der Waals surface area contributed by atoms with Crippen molar-refractivity contribution in [1.82, 2.24) is 0 Å². The Hall–Kier alpha value is -2.39. The SMILES string of the molecule is C/C(=C\[C@@H](N)Cc1ccc(-c2ccccc2)cc1)C(=O)O. The fraction of sp³-hybridized carbons (Fsp3) is 0.167. The van der Waals surface area contributed by atoms with Crippen LogP contribution in [0.25, 0.3) is 11.1 Å². The largest absolute Gasteiger partial charge is 0.478 e. The molecule has 1 atom stereocenters. The first-order valence-electron chi connectivity index (χ1n) is 6.88. The van der Waals surface area contributed by atoms with Crippen molar-refractivity contribution < 1.29 is 9.90 Å². The molecule has 0 heterocycles. The second-order valence-corrected chi connectivity index (χ2v) is 5.09. The van der Waals surface area contributed by atoms with Crippen LogP contribution in [-0.4, -0.2) is 17.1 Å². The maximum Gasteiger partial charge on any atom is 0.331 e. The van der Waals surface area contributed by atoms with E-state index in [0.29, 0.717) is 6.42 Å². The minimum Gasteiger partial charge on any atom is -0.478 e. The fourth-order valence-electron chi connectivity index (χ4n) is 2.19. The van der Waals surface area contributed by atoms with E-state index >= 15 is 0 Å². The highest BCUT2D eigenvalue weighted by Crippen LogP contribution is 2.19. The summed E-state index contributed by atoms with van der Waals surface area (Å²) in [4.78, 5) is 10.8. The van der Waals surface area contributed by atoms with Crippen LogP contribution in [0.3, 0.4) is 0 Å². The smallest absolute Gasteiger partial charge is 0.331 e. The molecule has 3 N–H and O–H groups in total. The number of carboxylic acid groups (broad SMARTS) is 1. The van der Waals surface area contributed by atoms with Gasteiger partial charge in [-0.25, -0.2) is 4.79 Å². The number of benzene rings is 2. The van der Waals surface area contributed by atoms with E-state index in [4.69, 9.17) is 10.8 Å². The number of nitrogens with two attached hydrogens (primary N) is 1. The monoisotopic (exact) mass is 281 g/mol. The van der Waals surface area contributed by atoms with Gasteiger partial charge in [-0.3, -0.25) is 0 Å². The van der Waals surface area contributed by atoms with E-state index in [1.54, 1.807) is 13.0 Å². The Kier molecular flexibility index (Phi) is 4.90. The normalized spacial score (nSPS) is 13.0. The average Bonchev–Trinajstić information content (AvgIpc) is 2.48. The van der Waals surface area contributed by atoms with Crippen LogP contribution in [0.1, 0.15) is 12.5 Å². The summed E-state index contributed by atoms with van der Waals surface area (Å²) in [6.07, 6.45) is 2.22. The lowest BCUT2D eigenvalue weighted by molar-refractivity contribution is -0.132. The molecule has 0 saturated carbocycles. The van der Waals surface area contributed by atoms with E-state index < -0.39 is 5.97 Å². The van der Waals surface area contributed by atoms with Gasteiger partial charge in [-0.2, -0.15) is 0 Å². The number of carbonyl (C=O) groups is 1. The molecule has 0 saturated heterocycles. The molecule has 0 aromatic heterocycles. The van der Waals surface area contributed by atoms with Crippen molar-refractivity contribution in [3.63, 3.8) is 0 Å². The molecule has 0 aliphatic heterocycles. The molecule has 0 unspecified atom stereocenters. The summed E-state index contributed by atoms with van der Waals surface area (Å²) >= 11 is 0. The van der Waals surface area contributed by atoms with Crippen molar-refractivity contribution in [1.29, 1.82) is 0 Å². The van der Waals surface area contributed by atoms with Crippen molar-refractivity contribution in [3.05, 3.63) is 71.8 Å². The highest BCUT2D eigenvalue weighted by atomic mass is 16.4. The highest BCUT2D eigenvalue weighted by molar-refractivity contribution is 5.85. The van der Waals surface area contributed by atoms with Gasteiger partial charge in [0.25, 0.3) is 0 Å². The molecular weight excluding hydrogens is 262 g/mol. The quantitative estimate of drug-likeness (QED) is 0.827. The first kappa shape index (κ1) is 15.0. The second-order valence-electron chi connectivity index (χ2n) is 5.09. The van der Waals surface area contributed by atoms with E-state index in [9.17, 15) is 4.79 Å². The number of aliphatic carboxylic acids is 1. The molecule has 3 nitrogen and oxygen atoms in total. The van der Waals surface area contributed by atoms with Gasteiger partial charge in [-0.1, -0.05) is 60.7 Å². The molecule has 0 bridgehead atoms. The topological polar surface area (TPSA) is 63.3 Å². The van der Waals surface area contributed by atoms with E-state index in [1.807, 2.05) is 30.3 Å². The van der Waals surface area contributed by atoms with Crippen LogP contribution in [0.15, 0.2) is 66.2 Å². The molecule has 108 valence electrons. The van der Waals surface area contributed by atoms with Gasteiger partial charge in [0, 0.05) is 11.6 Å². The van der Waals surface area contributed by atoms with Crippen LogP contribution in [0, 0.1) is 0 Å². The van der Waals surface area contributed by atoms with Crippen LogP contribution in [0.5, 0.6) is 0 Å². The Morgan fingerprint density at radius 1 is 1.10 bits per heavy atom. The molecule has 0 radical (unpaired) electrons. The standard InChI is InChI=1S/C18H19NO2/c1-13(18(20)21)11-17(19)12-14-7-9-16(10-8-14)15-5-3-2-4-6-15/h2-11,17H,12,19H2,1H3,(H,20,21)/b13-11+/t17-/m1/s1. The van der Waals surface area contributed by atoms with Crippen LogP contribution in [0.2, 0.25) is 0 Å². The maximum absolute atomic E-state index is 10.8. The number of carboxylic acids is 1. The zero-order valence-electron chi connectivity index (χ0n) is 12.0. The molecule has 0 amide bonds. The molecule has 0 fully saturated rings. The van der Waals surface area contributed by atoms with Gasteiger partial charge in [-0.05, 0) is 30.0 Å². The number of hydrogen-bond donors (Lipinski definition) is 2. The Morgan fingerprint density at radius 2 is 1.67 bits per heavy atom. The minimum absolute atomic E-state index is 0.281. The highest BCUT2D eigenvalue weighted by Gasteiger charge is 2.06. The lowest BCUT2D eigenvalue weighted by Gasteiger charge is -2.09. The van der Waals surface area contributed by atoms with Crippen molar-refractivity contribution >= 4 is 5.97 Å². The Labute approximate surface area is 124 Å². The summed E-state index contributed by atoms with van der Waals surface area (Å²) in [5.74, 6) is -0.926. The van der Waals surface area contributed by atoms with Crippen LogP contribution in [0.4, 0.5) is 0 Å². The first-order chi connectivity index (χ1) is 10.1. The third-order valence-electron chi connectivity index (χ3n) is 3.33. The van der Waals surface area contributed by atoms with Gasteiger partial charge in [0.2, 0.25) is 0 Å². The van der Waals surface area contributed by atoms with Crippen molar-refractivity contribution in [2.24, 2.45) is 5.73 Å². The molecule has 2 aromatic carbocycles. The third-order valence-corrected chi connectivity index (χ3v) is 3.33. The molecule has 0 aliphatic rings. The Morgan fingerprint density at radius 3 is 2.24 bits per heavy atom. The van der Waals surface area contributed by atoms with Crippen molar-refractivity contribution in [3.8, 4) is 11.1 Å². The van der Waals surface area contributed by atoms with Crippen LogP contribution < -0.4 is 5.73 Å². The van der Waals surface area contributed by atoms with E-state index in [2.05, 4.69) is 24.3 Å². The van der Waals surface area contributed by atoms with Gasteiger partial charge in [0.15, 0.2) is 0 Å². The number of rotatable bonds is 5. The number of hydrogen-bond acceptors (Lipinski definition) is 2. The van der Waals surface area contributed by atoms with E-state index in [1.165, 1.54) is 5.56 Å². The third kappa shape index (κ3) is 4.29. The summed E-state index contributed by atoms with van der Waals surface area (Å²) in [5.41, 5.74) is 9.66. The molecule has 2 rings (SSSR count).